The summed E-state index contributed by atoms with van der Waals surface area (Å²) in [5.41, 5.74) is 5.01. The number of aromatic nitrogens is 2. The molecule has 0 aliphatic rings. The van der Waals surface area contributed by atoms with Crippen molar-refractivity contribution in [3.05, 3.63) is 146 Å². The van der Waals surface area contributed by atoms with Gasteiger partial charge in [0.15, 0.2) is 0 Å². The number of hydrogen-bond donors (Lipinski definition) is 0. The van der Waals surface area contributed by atoms with E-state index >= 15 is 0 Å². The SMILES string of the molecule is [Cl][Zr+2][Cl].c1cc(-n2cccc2)c2cc[cH-]c2c1.c1ccc2[cH-]c(-n3c4ccccc4c4ccccc43)cc2c1. The van der Waals surface area contributed by atoms with Crippen LogP contribution in [0.4, 0.5) is 0 Å². The molecule has 5 heteroatoms. The van der Waals surface area contributed by atoms with Crippen molar-refractivity contribution in [3.63, 3.8) is 0 Å². The minimum atomic E-state index is -0.826. The second-order valence-electron chi connectivity index (χ2n) is 9.18. The fourth-order valence-corrected chi connectivity index (χ4v) is 5.33. The average Bonchev–Trinajstić information content (AvgIpc) is 3.78. The Balaban J connectivity index is 0.000000140. The van der Waals surface area contributed by atoms with E-state index in [1.807, 2.05) is 12.1 Å². The van der Waals surface area contributed by atoms with Crippen LogP contribution in [-0.4, -0.2) is 9.13 Å². The molecule has 0 atom stereocenters. The first kappa shape index (κ1) is 25.9. The fourth-order valence-electron chi connectivity index (χ4n) is 5.33. The molecule has 8 rings (SSSR count). The van der Waals surface area contributed by atoms with E-state index in [0.29, 0.717) is 0 Å². The summed E-state index contributed by atoms with van der Waals surface area (Å²) in [5, 5.41) is 7.81. The van der Waals surface area contributed by atoms with Crippen LogP contribution in [0.25, 0.3) is 54.7 Å². The molecule has 8 aromatic rings. The van der Waals surface area contributed by atoms with Gasteiger partial charge in [-0.15, -0.1) is 70.1 Å². The Morgan fingerprint density at radius 2 is 1.21 bits per heavy atom. The van der Waals surface area contributed by atoms with Crippen LogP contribution in [0.2, 0.25) is 0 Å². The van der Waals surface area contributed by atoms with Crippen LogP contribution in [0.1, 0.15) is 0 Å². The summed E-state index contributed by atoms with van der Waals surface area (Å²) >= 11 is -0.826. The quantitative estimate of drug-likeness (QED) is 0.170. The summed E-state index contributed by atoms with van der Waals surface area (Å²) in [6.45, 7) is 0. The first-order valence-corrected chi connectivity index (χ1v) is 19.0. The van der Waals surface area contributed by atoms with Crippen LogP contribution < -0.4 is 0 Å². The van der Waals surface area contributed by atoms with Gasteiger partial charge in [-0.25, -0.2) is 0 Å². The summed E-state index contributed by atoms with van der Waals surface area (Å²) < 4.78 is 4.51. The van der Waals surface area contributed by atoms with Gasteiger partial charge >= 0.3 is 37.9 Å². The first-order valence-electron chi connectivity index (χ1n) is 12.7. The average molecular weight is 623 g/mol. The number of hydrogen-bond acceptors (Lipinski definition) is 0. The molecule has 0 spiro atoms. The van der Waals surface area contributed by atoms with E-state index in [1.54, 1.807) is 0 Å². The van der Waals surface area contributed by atoms with Crippen LogP contribution in [0, 0.1) is 0 Å². The number of fused-ring (bicyclic) bond motifs is 5. The van der Waals surface area contributed by atoms with Crippen molar-refractivity contribution in [1.82, 2.24) is 9.13 Å². The zero-order valence-corrected chi connectivity index (χ0v) is 25.0. The van der Waals surface area contributed by atoms with Gasteiger partial charge in [0.2, 0.25) is 0 Å². The van der Waals surface area contributed by atoms with Gasteiger partial charge in [-0.3, -0.25) is 0 Å². The van der Waals surface area contributed by atoms with Gasteiger partial charge in [0, 0.05) is 28.9 Å². The normalized spacial score (nSPS) is 10.7. The van der Waals surface area contributed by atoms with Crippen LogP contribution in [0.5, 0.6) is 0 Å². The van der Waals surface area contributed by atoms with Gasteiger partial charge in [-0.2, -0.15) is 12.1 Å². The van der Waals surface area contributed by atoms with E-state index in [1.165, 1.54) is 54.7 Å². The molecule has 0 bridgehead atoms. The second-order valence-corrected chi connectivity index (χ2v) is 12.9. The van der Waals surface area contributed by atoms with Gasteiger partial charge in [0.05, 0.1) is 11.0 Å². The Morgan fingerprint density at radius 1 is 0.590 bits per heavy atom. The van der Waals surface area contributed by atoms with Crippen molar-refractivity contribution in [2.75, 3.05) is 0 Å². The Kier molecular flexibility index (Phi) is 7.84. The number of rotatable bonds is 2. The van der Waals surface area contributed by atoms with Crippen molar-refractivity contribution in [1.29, 1.82) is 0 Å². The Morgan fingerprint density at radius 3 is 1.90 bits per heavy atom. The van der Waals surface area contributed by atoms with Crippen molar-refractivity contribution in [3.8, 4) is 11.4 Å². The van der Waals surface area contributed by atoms with E-state index in [4.69, 9.17) is 17.0 Å². The Labute approximate surface area is 246 Å². The van der Waals surface area contributed by atoms with E-state index in [-0.39, 0.29) is 0 Å². The molecule has 0 radical (unpaired) electrons. The van der Waals surface area contributed by atoms with E-state index in [0.717, 1.165) is 0 Å². The molecule has 0 saturated carbocycles. The smallest absolute Gasteiger partial charge is 0.0523 e. The number of para-hydroxylation sites is 2. The van der Waals surface area contributed by atoms with Gasteiger partial charge in [0.1, 0.15) is 0 Å². The molecule has 0 N–H and O–H groups in total. The molecule has 0 aliphatic heterocycles. The molecule has 0 amide bonds. The second kappa shape index (κ2) is 11.8. The Bertz CT molecular complexity index is 1890. The molecule has 0 fully saturated rings. The predicted octanol–water partition coefficient (Wildman–Crippen LogP) is 10.4. The summed E-state index contributed by atoms with van der Waals surface area (Å²) in [7, 11) is 9.87. The monoisotopic (exact) mass is 620 g/mol. The fraction of sp³-hybridized carbons (Fsp3) is 0. The maximum atomic E-state index is 4.93. The van der Waals surface area contributed by atoms with Gasteiger partial charge in [-0.1, -0.05) is 48.5 Å². The molecule has 2 aromatic heterocycles. The molecule has 39 heavy (non-hydrogen) atoms. The van der Waals surface area contributed by atoms with Crippen LogP contribution in [0.3, 0.4) is 0 Å². The van der Waals surface area contributed by atoms with Crippen LogP contribution in [0.15, 0.2) is 146 Å². The van der Waals surface area contributed by atoms with E-state index in [9.17, 15) is 0 Å². The predicted molar refractivity (Wildman–Crippen MR) is 164 cm³/mol. The summed E-state index contributed by atoms with van der Waals surface area (Å²) in [5.74, 6) is 0. The standard InChI is InChI=1S/C21H14N.C13H10N.2ClH.Zr/c1-2-8-16-14-17(13-15(16)7-1)22-20-11-5-3-9-18(20)19-10-4-6-12-21(19)22;1-2-10-14(9-1)13-8-4-6-11-5-3-7-12(11)13;;;/h1-14H;1-10H;2*1H;/q2*-1;;;+4/p-2. The zero-order valence-electron chi connectivity index (χ0n) is 21.0. The zero-order chi connectivity index (χ0) is 26.6. The van der Waals surface area contributed by atoms with E-state index in [2.05, 4.69) is 143 Å². The maximum absolute atomic E-state index is 4.93. The summed E-state index contributed by atoms with van der Waals surface area (Å²) in [6.07, 6.45) is 4.14. The van der Waals surface area contributed by atoms with E-state index < -0.39 is 20.8 Å². The number of benzene rings is 4. The molecular weight excluding hydrogens is 599 g/mol. The van der Waals surface area contributed by atoms with Gasteiger partial charge in [0.25, 0.3) is 0 Å². The summed E-state index contributed by atoms with van der Waals surface area (Å²) in [4.78, 5) is 0. The number of halogens is 2. The van der Waals surface area contributed by atoms with Gasteiger partial charge in [-0.05, 0) is 30.0 Å². The van der Waals surface area contributed by atoms with Crippen molar-refractivity contribution >= 4 is 60.4 Å². The molecular formula is C34H24Cl2N2Zr. The molecule has 0 saturated heterocycles. The van der Waals surface area contributed by atoms with Crippen molar-refractivity contribution < 1.29 is 20.8 Å². The molecule has 0 aliphatic carbocycles. The molecule has 188 valence electrons. The molecule has 2 nitrogen and oxygen atoms in total. The third kappa shape index (κ3) is 5.15. The number of nitrogens with zero attached hydrogens (tertiary/aromatic N) is 2. The van der Waals surface area contributed by atoms with Crippen molar-refractivity contribution in [2.24, 2.45) is 0 Å². The third-order valence-corrected chi connectivity index (χ3v) is 6.98. The third-order valence-electron chi connectivity index (χ3n) is 6.98. The van der Waals surface area contributed by atoms with Crippen LogP contribution in [-0.2, 0) is 20.8 Å². The molecule has 0 unspecified atom stereocenters. The molecule has 6 aromatic carbocycles. The topological polar surface area (TPSA) is 9.86 Å². The summed E-state index contributed by atoms with van der Waals surface area (Å²) in [6, 6.07) is 47.2. The minimum absolute atomic E-state index is 0.826. The Hall–Kier alpha value is -3.36. The minimum Gasteiger partial charge on any atom is -0.333 e. The van der Waals surface area contributed by atoms with Gasteiger partial charge < -0.3 is 9.13 Å². The first-order chi connectivity index (χ1) is 19.3. The maximum Gasteiger partial charge on any atom is 0.0523 e. The molecule has 2 heterocycles. The van der Waals surface area contributed by atoms with Crippen LogP contribution >= 0.6 is 17.0 Å². The largest absolute Gasteiger partial charge is 0.333 e. The van der Waals surface area contributed by atoms with Crippen molar-refractivity contribution in [2.45, 2.75) is 0 Å².